The van der Waals surface area contributed by atoms with E-state index in [1.807, 2.05) is 6.08 Å². The van der Waals surface area contributed by atoms with Crippen molar-refractivity contribution in [1.82, 2.24) is 0 Å². The molecule has 1 N–H and O–H groups in total. The van der Waals surface area contributed by atoms with Gasteiger partial charge in [0.25, 0.3) is 0 Å². The third-order valence-electron chi connectivity index (χ3n) is 8.58. The topological polar surface area (TPSA) is 80.7 Å². The van der Waals surface area contributed by atoms with Crippen LogP contribution < -0.4 is 0 Å². The molecule has 0 bridgehead atoms. The van der Waals surface area contributed by atoms with E-state index >= 15 is 0 Å². The number of ketones is 2. The van der Waals surface area contributed by atoms with Crippen molar-refractivity contribution in [2.45, 2.75) is 64.9 Å². The summed E-state index contributed by atoms with van der Waals surface area (Å²) in [5, 5.41) is 11.4. The van der Waals surface area contributed by atoms with Gasteiger partial charge in [0.05, 0.1) is 0 Å². The minimum Gasteiger partial charge on any atom is -0.458 e. The van der Waals surface area contributed by atoms with Gasteiger partial charge >= 0.3 is 5.97 Å². The fraction of sp³-hybridized carbons (Fsp3) is 0.696. The molecule has 0 heterocycles. The summed E-state index contributed by atoms with van der Waals surface area (Å²) in [7, 11) is 0. The lowest BCUT2D eigenvalue weighted by Crippen LogP contribution is -2.58. The van der Waals surface area contributed by atoms with Gasteiger partial charge in [-0.3, -0.25) is 14.4 Å². The minimum absolute atomic E-state index is 0.0814. The number of aliphatic hydroxyl groups is 1. The average Bonchev–Trinajstić information content (AvgIpc) is 2.92. The molecule has 28 heavy (non-hydrogen) atoms. The number of Topliss-reactive ketones (excluding diaryl/α,β-unsaturated/α-hetero) is 1. The first-order valence-corrected chi connectivity index (χ1v) is 10.4. The van der Waals surface area contributed by atoms with Crippen molar-refractivity contribution in [3.8, 4) is 0 Å². The van der Waals surface area contributed by atoms with Crippen LogP contribution in [-0.4, -0.2) is 34.9 Å². The van der Waals surface area contributed by atoms with Gasteiger partial charge < -0.3 is 9.84 Å². The SMILES string of the molecule is CC(=O)OCC(=O)C1(O)CC[C@H]2[C@@H]3CCC4=CC(=O)C=C[C@]4(C)[C@H]3CC[C@@]21C. The Morgan fingerprint density at radius 3 is 2.61 bits per heavy atom. The highest BCUT2D eigenvalue weighted by atomic mass is 16.5. The lowest BCUT2D eigenvalue weighted by Gasteiger charge is -2.57. The molecule has 0 aromatic rings. The molecule has 0 saturated heterocycles. The first kappa shape index (κ1) is 19.6. The lowest BCUT2D eigenvalue weighted by atomic mass is 9.47. The largest absolute Gasteiger partial charge is 0.458 e. The molecule has 0 spiro atoms. The molecule has 3 saturated carbocycles. The van der Waals surface area contributed by atoms with E-state index in [2.05, 4.69) is 19.9 Å². The second-order valence-electron chi connectivity index (χ2n) is 9.66. The smallest absolute Gasteiger partial charge is 0.303 e. The van der Waals surface area contributed by atoms with Crippen molar-refractivity contribution in [3.05, 3.63) is 23.8 Å². The van der Waals surface area contributed by atoms with Crippen LogP contribution in [0.3, 0.4) is 0 Å². The Morgan fingerprint density at radius 2 is 1.89 bits per heavy atom. The van der Waals surface area contributed by atoms with E-state index in [1.165, 1.54) is 12.5 Å². The van der Waals surface area contributed by atoms with Crippen LogP contribution in [0.25, 0.3) is 0 Å². The van der Waals surface area contributed by atoms with Crippen LogP contribution in [-0.2, 0) is 19.1 Å². The number of carbonyl (C=O) groups excluding carboxylic acids is 3. The van der Waals surface area contributed by atoms with Crippen molar-refractivity contribution in [2.24, 2.45) is 28.6 Å². The summed E-state index contributed by atoms with van der Waals surface area (Å²) in [4.78, 5) is 35.8. The van der Waals surface area contributed by atoms with Gasteiger partial charge in [0, 0.05) is 17.8 Å². The number of hydrogen-bond donors (Lipinski definition) is 1. The van der Waals surface area contributed by atoms with Crippen LogP contribution in [0.2, 0.25) is 0 Å². The van der Waals surface area contributed by atoms with Crippen LogP contribution in [0.5, 0.6) is 0 Å². The molecule has 0 aromatic heterocycles. The summed E-state index contributed by atoms with van der Waals surface area (Å²) in [6.45, 7) is 5.23. The summed E-state index contributed by atoms with van der Waals surface area (Å²) < 4.78 is 4.91. The molecular weight excluding hydrogens is 356 g/mol. The molecule has 4 rings (SSSR count). The van der Waals surface area contributed by atoms with Crippen LogP contribution in [0.4, 0.5) is 0 Å². The quantitative estimate of drug-likeness (QED) is 0.754. The van der Waals surface area contributed by atoms with Gasteiger partial charge in [0.2, 0.25) is 5.78 Å². The van der Waals surface area contributed by atoms with Crippen molar-refractivity contribution >= 4 is 17.5 Å². The maximum absolute atomic E-state index is 12.8. The molecule has 0 radical (unpaired) electrons. The Hall–Kier alpha value is -1.75. The molecule has 5 heteroatoms. The second kappa shape index (κ2) is 6.38. The van der Waals surface area contributed by atoms with E-state index in [0.717, 1.165) is 32.1 Å². The Bertz CT molecular complexity index is 795. The van der Waals surface area contributed by atoms with Crippen molar-refractivity contribution in [3.63, 3.8) is 0 Å². The van der Waals surface area contributed by atoms with E-state index in [1.54, 1.807) is 6.08 Å². The third-order valence-corrected chi connectivity index (χ3v) is 8.58. The fourth-order valence-corrected chi connectivity index (χ4v) is 6.96. The average molecular weight is 386 g/mol. The van der Waals surface area contributed by atoms with E-state index < -0.39 is 17.0 Å². The summed E-state index contributed by atoms with van der Waals surface area (Å²) in [5.74, 6) is 0.338. The van der Waals surface area contributed by atoms with Gasteiger partial charge in [0.1, 0.15) is 5.60 Å². The summed E-state index contributed by atoms with van der Waals surface area (Å²) in [6.07, 6.45) is 10.5. The zero-order valence-electron chi connectivity index (χ0n) is 17.0. The molecule has 0 aromatic carbocycles. The normalized spacial score (nSPS) is 44.2. The second-order valence-corrected chi connectivity index (χ2v) is 9.66. The van der Waals surface area contributed by atoms with Gasteiger partial charge in [-0.15, -0.1) is 0 Å². The monoisotopic (exact) mass is 386 g/mol. The maximum Gasteiger partial charge on any atom is 0.303 e. The van der Waals surface area contributed by atoms with Crippen molar-refractivity contribution in [2.75, 3.05) is 6.61 Å². The zero-order chi connectivity index (χ0) is 20.3. The van der Waals surface area contributed by atoms with Crippen LogP contribution >= 0.6 is 0 Å². The molecule has 4 aliphatic carbocycles. The third kappa shape index (κ3) is 2.58. The highest BCUT2D eigenvalue weighted by molar-refractivity contribution is 6.01. The molecular formula is C23H30O5. The summed E-state index contributed by atoms with van der Waals surface area (Å²) in [6, 6.07) is 0. The van der Waals surface area contributed by atoms with Crippen LogP contribution in [0.15, 0.2) is 23.8 Å². The maximum atomic E-state index is 12.8. The molecule has 0 amide bonds. The fourth-order valence-electron chi connectivity index (χ4n) is 6.96. The summed E-state index contributed by atoms with van der Waals surface area (Å²) >= 11 is 0. The predicted molar refractivity (Wildman–Crippen MR) is 103 cm³/mol. The van der Waals surface area contributed by atoms with Gasteiger partial charge in [-0.05, 0) is 68.4 Å². The molecule has 5 nitrogen and oxygen atoms in total. The molecule has 0 aliphatic heterocycles. The van der Waals surface area contributed by atoms with Gasteiger partial charge in [-0.1, -0.05) is 25.5 Å². The van der Waals surface area contributed by atoms with Crippen molar-refractivity contribution in [1.29, 1.82) is 0 Å². The highest BCUT2D eigenvalue weighted by Crippen LogP contribution is 2.67. The number of allylic oxidation sites excluding steroid dienone is 4. The van der Waals surface area contributed by atoms with E-state index in [4.69, 9.17) is 4.74 Å². The molecule has 4 aliphatic rings. The predicted octanol–water partition coefficient (Wildman–Crippen LogP) is 3.16. The Morgan fingerprint density at radius 1 is 1.18 bits per heavy atom. The number of hydrogen-bond acceptors (Lipinski definition) is 5. The standard InChI is InChI=1S/C23H30O5/c1-14(24)28-13-20(26)23(27)11-8-19-17-5-4-15-12-16(25)6-9-21(15,2)18(17)7-10-22(19,23)3/h6,9,12,17-19,27H,4-5,7-8,10-11,13H2,1-3H3/t17-,18+,19+,21+,22+,23?/m1/s1. The van der Waals surface area contributed by atoms with Gasteiger partial charge in [-0.25, -0.2) is 0 Å². The number of fused-ring (bicyclic) bond motifs is 5. The van der Waals surface area contributed by atoms with Gasteiger partial charge in [0.15, 0.2) is 12.4 Å². The number of esters is 1. The van der Waals surface area contributed by atoms with Crippen molar-refractivity contribution < 1.29 is 24.2 Å². The van der Waals surface area contributed by atoms with Gasteiger partial charge in [-0.2, -0.15) is 0 Å². The highest BCUT2D eigenvalue weighted by Gasteiger charge is 2.66. The number of ether oxygens (including phenoxy) is 1. The molecule has 152 valence electrons. The zero-order valence-corrected chi connectivity index (χ0v) is 17.0. The molecule has 3 fully saturated rings. The van der Waals surface area contributed by atoms with Crippen LogP contribution in [0.1, 0.15) is 59.3 Å². The van der Waals surface area contributed by atoms with E-state index in [-0.39, 0.29) is 29.5 Å². The molecule has 1 unspecified atom stereocenters. The Kier molecular flexibility index (Phi) is 4.46. The Labute approximate surface area is 166 Å². The minimum atomic E-state index is -1.42. The first-order valence-electron chi connectivity index (χ1n) is 10.4. The number of carbonyl (C=O) groups is 3. The number of rotatable bonds is 3. The molecule has 6 atom stereocenters. The lowest BCUT2D eigenvalue weighted by molar-refractivity contribution is -0.168. The van der Waals surface area contributed by atoms with E-state index in [0.29, 0.717) is 18.3 Å². The van der Waals surface area contributed by atoms with E-state index in [9.17, 15) is 19.5 Å². The first-order chi connectivity index (χ1) is 13.1. The Balaban J connectivity index is 1.61. The summed E-state index contributed by atoms with van der Waals surface area (Å²) in [5.41, 5.74) is -0.769. The van der Waals surface area contributed by atoms with Crippen LogP contribution in [0, 0.1) is 28.6 Å².